The monoisotopic (exact) mass is 323 g/mol. The Balaban J connectivity index is 1.76. The average molecular weight is 323 g/mol. The van der Waals surface area contributed by atoms with E-state index >= 15 is 0 Å². The summed E-state index contributed by atoms with van der Waals surface area (Å²) in [5, 5.41) is -0.326. The molecule has 7 nitrogen and oxygen atoms in total. The summed E-state index contributed by atoms with van der Waals surface area (Å²) >= 11 is 0. The summed E-state index contributed by atoms with van der Waals surface area (Å²) < 4.78 is 26.0. The molecule has 22 heavy (non-hydrogen) atoms. The van der Waals surface area contributed by atoms with Crippen molar-refractivity contribution in [1.82, 2.24) is 24.2 Å². The predicted molar refractivity (Wildman–Crippen MR) is 84.8 cm³/mol. The minimum atomic E-state index is -3.20. The fraction of sp³-hybridized carbons (Fsp3) is 0.571. The first kappa shape index (κ1) is 15.4. The van der Waals surface area contributed by atoms with E-state index in [2.05, 4.69) is 19.9 Å². The SMILES string of the molecule is CN(C)S(=O)(=O)C1CCCN(Cc2c[nH]c3nccnc23)C1. The fourth-order valence-corrected chi connectivity index (χ4v) is 4.42. The van der Waals surface area contributed by atoms with Crippen molar-refractivity contribution in [2.75, 3.05) is 27.2 Å². The number of nitrogens with one attached hydrogen (secondary N) is 1. The molecule has 0 aliphatic carbocycles. The number of hydrogen-bond acceptors (Lipinski definition) is 5. The molecule has 3 heterocycles. The highest BCUT2D eigenvalue weighted by atomic mass is 32.2. The van der Waals surface area contributed by atoms with Crippen molar-refractivity contribution in [2.45, 2.75) is 24.6 Å². The zero-order valence-electron chi connectivity index (χ0n) is 12.9. The molecule has 2 aromatic heterocycles. The van der Waals surface area contributed by atoms with Crippen LogP contribution in [0.1, 0.15) is 18.4 Å². The number of aromatic amines is 1. The van der Waals surface area contributed by atoms with Gasteiger partial charge in [0.1, 0.15) is 5.52 Å². The lowest BCUT2D eigenvalue weighted by atomic mass is 10.1. The quantitative estimate of drug-likeness (QED) is 0.900. The van der Waals surface area contributed by atoms with Crippen LogP contribution in [0.25, 0.3) is 11.2 Å². The molecule has 0 saturated carbocycles. The molecule has 1 atom stereocenters. The molecule has 2 aromatic rings. The zero-order valence-corrected chi connectivity index (χ0v) is 13.7. The Kier molecular flexibility index (Phi) is 4.16. The van der Waals surface area contributed by atoms with Crippen molar-refractivity contribution in [3.05, 3.63) is 24.2 Å². The summed E-state index contributed by atoms with van der Waals surface area (Å²) in [4.78, 5) is 13.9. The lowest BCUT2D eigenvalue weighted by Crippen LogP contribution is -2.45. The molecular weight excluding hydrogens is 302 g/mol. The number of aromatic nitrogens is 3. The van der Waals surface area contributed by atoms with E-state index in [1.165, 1.54) is 4.31 Å². The Hall–Kier alpha value is -1.51. The highest BCUT2D eigenvalue weighted by Crippen LogP contribution is 2.22. The Labute approximate surface area is 130 Å². The molecule has 0 bridgehead atoms. The molecule has 3 rings (SSSR count). The van der Waals surface area contributed by atoms with E-state index in [1.807, 2.05) is 6.20 Å². The number of nitrogens with zero attached hydrogens (tertiary/aromatic N) is 4. The first-order valence-electron chi connectivity index (χ1n) is 7.39. The molecule has 0 radical (unpaired) electrons. The van der Waals surface area contributed by atoms with E-state index in [0.717, 1.165) is 36.1 Å². The van der Waals surface area contributed by atoms with Gasteiger partial charge in [0.05, 0.1) is 5.25 Å². The van der Waals surface area contributed by atoms with Crippen LogP contribution in [0.2, 0.25) is 0 Å². The van der Waals surface area contributed by atoms with E-state index < -0.39 is 10.0 Å². The third kappa shape index (κ3) is 2.86. The van der Waals surface area contributed by atoms with Crippen LogP contribution in [0.3, 0.4) is 0 Å². The van der Waals surface area contributed by atoms with Crippen molar-refractivity contribution in [3.8, 4) is 0 Å². The second-order valence-electron chi connectivity index (χ2n) is 5.89. The summed E-state index contributed by atoms with van der Waals surface area (Å²) in [6.45, 7) is 2.16. The zero-order chi connectivity index (χ0) is 15.7. The van der Waals surface area contributed by atoms with Crippen LogP contribution in [0.15, 0.2) is 18.6 Å². The van der Waals surface area contributed by atoms with Crippen LogP contribution in [0, 0.1) is 0 Å². The summed E-state index contributed by atoms with van der Waals surface area (Å²) in [5.41, 5.74) is 2.69. The molecule has 0 spiro atoms. The van der Waals surface area contributed by atoms with Gasteiger partial charge in [-0.15, -0.1) is 0 Å². The van der Waals surface area contributed by atoms with E-state index in [-0.39, 0.29) is 5.25 Å². The predicted octanol–water partition coefficient (Wildman–Crippen LogP) is 0.814. The van der Waals surface area contributed by atoms with Gasteiger partial charge >= 0.3 is 0 Å². The van der Waals surface area contributed by atoms with Gasteiger partial charge in [0.25, 0.3) is 0 Å². The van der Waals surface area contributed by atoms with Crippen molar-refractivity contribution >= 4 is 21.2 Å². The molecule has 8 heteroatoms. The molecule has 1 saturated heterocycles. The first-order valence-corrected chi connectivity index (χ1v) is 8.89. The van der Waals surface area contributed by atoms with Crippen LogP contribution in [-0.2, 0) is 16.6 Å². The Morgan fingerprint density at radius 3 is 2.91 bits per heavy atom. The standard InChI is InChI=1S/C14H21N5O2S/c1-18(2)22(20,21)12-4-3-7-19(10-12)9-11-8-17-14-13(11)15-5-6-16-14/h5-6,8,12H,3-4,7,9-10H2,1-2H3,(H,16,17). The minimum absolute atomic E-state index is 0.326. The van der Waals surface area contributed by atoms with Gasteiger partial charge in [0, 0.05) is 51.3 Å². The molecule has 1 unspecified atom stereocenters. The first-order chi connectivity index (χ1) is 10.5. The van der Waals surface area contributed by atoms with E-state index in [0.29, 0.717) is 13.1 Å². The van der Waals surface area contributed by atoms with Gasteiger partial charge in [-0.05, 0) is 19.4 Å². The van der Waals surface area contributed by atoms with Crippen molar-refractivity contribution in [1.29, 1.82) is 0 Å². The molecule has 1 fully saturated rings. The van der Waals surface area contributed by atoms with Crippen molar-refractivity contribution < 1.29 is 8.42 Å². The van der Waals surface area contributed by atoms with Crippen molar-refractivity contribution in [2.24, 2.45) is 0 Å². The van der Waals surface area contributed by atoms with Gasteiger partial charge in [0.15, 0.2) is 5.65 Å². The molecule has 120 valence electrons. The van der Waals surface area contributed by atoms with Crippen LogP contribution < -0.4 is 0 Å². The molecule has 1 aliphatic heterocycles. The van der Waals surface area contributed by atoms with E-state index in [4.69, 9.17) is 0 Å². The highest BCUT2D eigenvalue weighted by Gasteiger charge is 2.32. The van der Waals surface area contributed by atoms with Gasteiger partial charge in [-0.2, -0.15) is 0 Å². The second kappa shape index (κ2) is 5.94. The van der Waals surface area contributed by atoms with E-state index in [1.54, 1.807) is 26.5 Å². The summed E-state index contributed by atoms with van der Waals surface area (Å²) in [6, 6.07) is 0. The third-order valence-corrected chi connectivity index (χ3v) is 6.42. The lowest BCUT2D eigenvalue weighted by Gasteiger charge is -2.33. The summed E-state index contributed by atoms with van der Waals surface area (Å²) in [6.07, 6.45) is 6.86. The molecular formula is C14H21N5O2S. The van der Waals surface area contributed by atoms with Gasteiger partial charge in [0.2, 0.25) is 10.0 Å². The molecule has 0 amide bonds. The van der Waals surface area contributed by atoms with Crippen LogP contribution in [0.5, 0.6) is 0 Å². The lowest BCUT2D eigenvalue weighted by molar-refractivity contribution is 0.220. The average Bonchev–Trinajstić information content (AvgIpc) is 2.91. The number of hydrogen-bond donors (Lipinski definition) is 1. The fourth-order valence-electron chi connectivity index (χ4n) is 2.96. The topological polar surface area (TPSA) is 82.2 Å². The molecule has 1 N–H and O–H groups in total. The number of H-pyrrole nitrogens is 1. The van der Waals surface area contributed by atoms with Crippen LogP contribution >= 0.6 is 0 Å². The Morgan fingerprint density at radius 1 is 1.36 bits per heavy atom. The third-order valence-electron chi connectivity index (χ3n) is 4.17. The van der Waals surface area contributed by atoms with Gasteiger partial charge in [-0.1, -0.05) is 0 Å². The number of likely N-dealkylation sites (tertiary alicyclic amines) is 1. The summed E-state index contributed by atoms with van der Waals surface area (Å²) in [5.74, 6) is 0. The number of fused-ring (bicyclic) bond motifs is 1. The van der Waals surface area contributed by atoms with E-state index in [9.17, 15) is 8.42 Å². The number of sulfonamides is 1. The van der Waals surface area contributed by atoms with Gasteiger partial charge in [-0.25, -0.2) is 17.7 Å². The maximum atomic E-state index is 12.3. The largest absolute Gasteiger partial charge is 0.344 e. The molecule has 0 aromatic carbocycles. The van der Waals surface area contributed by atoms with Gasteiger partial charge < -0.3 is 4.98 Å². The Bertz CT molecular complexity index is 755. The minimum Gasteiger partial charge on any atom is -0.344 e. The van der Waals surface area contributed by atoms with Crippen molar-refractivity contribution in [3.63, 3.8) is 0 Å². The molecule has 1 aliphatic rings. The van der Waals surface area contributed by atoms with Crippen LogP contribution in [0.4, 0.5) is 0 Å². The van der Waals surface area contributed by atoms with Crippen LogP contribution in [-0.4, -0.2) is 65.0 Å². The maximum Gasteiger partial charge on any atom is 0.217 e. The maximum absolute atomic E-state index is 12.3. The number of rotatable bonds is 4. The smallest absolute Gasteiger partial charge is 0.217 e. The highest BCUT2D eigenvalue weighted by molar-refractivity contribution is 7.89. The summed E-state index contributed by atoms with van der Waals surface area (Å²) in [7, 11) is 0.00306. The number of piperidine rings is 1. The second-order valence-corrected chi connectivity index (χ2v) is 8.32. The van der Waals surface area contributed by atoms with Gasteiger partial charge in [-0.3, -0.25) is 9.88 Å². The normalized spacial score (nSPS) is 20.8. The Morgan fingerprint density at radius 2 is 2.14 bits per heavy atom.